The molecule has 2 heteroatoms. The molecule has 0 saturated heterocycles. The van der Waals surface area contributed by atoms with Crippen molar-refractivity contribution in [1.82, 2.24) is 0 Å². The van der Waals surface area contributed by atoms with E-state index in [9.17, 15) is 4.39 Å². The fourth-order valence-corrected chi connectivity index (χ4v) is 2.50. The smallest absolute Gasteiger partial charge is 0.0894 e. The van der Waals surface area contributed by atoms with Crippen molar-refractivity contribution in [3.63, 3.8) is 0 Å². The van der Waals surface area contributed by atoms with E-state index in [0.717, 1.165) is 19.3 Å². The normalized spacial score (nSPS) is 11.1. The van der Waals surface area contributed by atoms with Gasteiger partial charge in [0.1, 0.15) is 0 Å². The van der Waals surface area contributed by atoms with Crippen LogP contribution in [0.15, 0.2) is 0 Å². The fourth-order valence-electron chi connectivity index (χ4n) is 2.50. The first kappa shape index (κ1) is 18.9. The van der Waals surface area contributed by atoms with Crippen LogP contribution in [0.25, 0.3) is 0 Å². The molecular formula is C17H35FO. The minimum Gasteiger partial charge on any atom is -0.396 e. The van der Waals surface area contributed by atoms with E-state index in [4.69, 9.17) is 5.11 Å². The topological polar surface area (TPSA) is 20.2 Å². The molecule has 19 heavy (non-hydrogen) atoms. The summed E-state index contributed by atoms with van der Waals surface area (Å²) in [6.07, 6.45) is 18.8. The van der Waals surface area contributed by atoms with Gasteiger partial charge in [-0.15, -0.1) is 0 Å². The van der Waals surface area contributed by atoms with Gasteiger partial charge in [-0.05, 0) is 12.8 Å². The third-order valence-electron chi connectivity index (χ3n) is 3.79. The Balaban J connectivity index is 2.88. The van der Waals surface area contributed by atoms with Crippen molar-refractivity contribution in [2.75, 3.05) is 13.3 Å². The molecule has 0 radical (unpaired) electrons. The van der Waals surface area contributed by atoms with Crippen LogP contribution in [0.2, 0.25) is 0 Å². The van der Waals surface area contributed by atoms with E-state index in [1.165, 1.54) is 77.0 Å². The second-order valence-electron chi connectivity index (χ2n) is 5.72. The first-order valence-corrected chi connectivity index (χ1v) is 8.58. The first-order chi connectivity index (χ1) is 9.41. The first-order valence-electron chi connectivity index (χ1n) is 8.58. The molecule has 0 aliphatic rings. The van der Waals surface area contributed by atoms with E-state index in [1.54, 1.807) is 0 Å². The number of unbranched alkanes of at least 4 members (excludes halogenated alkanes) is 14. The molecule has 0 rings (SSSR count). The van der Waals surface area contributed by atoms with E-state index < -0.39 is 0 Å². The van der Waals surface area contributed by atoms with Gasteiger partial charge in [0.2, 0.25) is 0 Å². The lowest BCUT2D eigenvalue weighted by atomic mass is 10.0. The van der Waals surface area contributed by atoms with Gasteiger partial charge in [-0.2, -0.15) is 0 Å². The van der Waals surface area contributed by atoms with Gasteiger partial charge < -0.3 is 5.11 Å². The summed E-state index contributed by atoms with van der Waals surface area (Å²) >= 11 is 0. The highest BCUT2D eigenvalue weighted by Crippen LogP contribution is 2.13. The molecule has 0 heterocycles. The van der Waals surface area contributed by atoms with Crippen molar-refractivity contribution < 1.29 is 9.50 Å². The largest absolute Gasteiger partial charge is 0.396 e. The van der Waals surface area contributed by atoms with Crippen LogP contribution in [-0.2, 0) is 0 Å². The van der Waals surface area contributed by atoms with Gasteiger partial charge in [0.05, 0.1) is 6.67 Å². The SMILES string of the molecule is OCCCCCCCCCCCCCCCCCF. The third-order valence-corrected chi connectivity index (χ3v) is 3.79. The summed E-state index contributed by atoms with van der Waals surface area (Å²) < 4.78 is 11.8. The highest BCUT2D eigenvalue weighted by molar-refractivity contribution is 4.49. The second-order valence-corrected chi connectivity index (χ2v) is 5.72. The van der Waals surface area contributed by atoms with E-state index >= 15 is 0 Å². The van der Waals surface area contributed by atoms with Crippen LogP contribution >= 0.6 is 0 Å². The quantitative estimate of drug-likeness (QED) is 0.353. The van der Waals surface area contributed by atoms with E-state index in [1.807, 2.05) is 0 Å². The van der Waals surface area contributed by atoms with Crippen molar-refractivity contribution in [3.05, 3.63) is 0 Å². The summed E-state index contributed by atoms with van der Waals surface area (Å²) in [5.74, 6) is 0. The standard InChI is InChI=1S/C17H35FO/c18-16-14-12-10-8-6-4-2-1-3-5-7-9-11-13-15-17-19/h19H,1-17H2. The number of halogens is 1. The van der Waals surface area contributed by atoms with E-state index in [2.05, 4.69) is 0 Å². The number of rotatable bonds is 16. The summed E-state index contributed by atoms with van der Waals surface area (Å²) in [6, 6.07) is 0. The Morgan fingerprint density at radius 1 is 0.421 bits per heavy atom. The van der Waals surface area contributed by atoms with Gasteiger partial charge in [0.25, 0.3) is 0 Å². The lowest BCUT2D eigenvalue weighted by Crippen LogP contribution is -1.85. The number of aliphatic hydroxyl groups excluding tert-OH is 1. The molecule has 0 aliphatic heterocycles. The molecule has 0 bridgehead atoms. The van der Waals surface area contributed by atoms with Gasteiger partial charge in [-0.25, -0.2) is 0 Å². The Kier molecular flexibility index (Phi) is 17.8. The van der Waals surface area contributed by atoms with Crippen LogP contribution in [-0.4, -0.2) is 18.4 Å². The molecular weight excluding hydrogens is 239 g/mol. The van der Waals surface area contributed by atoms with Crippen LogP contribution in [0.5, 0.6) is 0 Å². The summed E-state index contributed by atoms with van der Waals surface area (Å²) in [6.45, 7) is 0.216. The van der Waals surface area contributed by atoms with Crippen molar-refractivity contribution in [2.24, 2.45) is 0 Å². The lowest BCUT2D eigenvalue weighted by molar-refractivity contribution is 0.282. The summed E-state index contributed by atoms with van der Waals surface area (Å²) in [5, 5.41) is 8.65. The van der Waals surface area contributed by atoms with Crippen molar-refractivity contribution >= 4 is 0 Å². The van der Waals surface area contributed by atoms with Gasteiger partial charge >= 0.3 is 0 Å². The van der Waals surface area contributed by atoms with Crippen molar-refractivity contribution in [3.8, 4) is 0 Å². The molecule has 1 N–H and O–H groups in total. The van der Waals surface area contributed by atoms with Crippen LogP contribution in [0.3, 0.4) is 0 Å². The predicted octanol–water partition coefficient (Wildman–Crippen LogP) is 5.80. The molecule has 0 aliphatic carbocycles. The maximum absolute atomic E-state index is 11.8. The summed E-state index contributed by atoms with van der Waals surface area (Å²) in [7, 11) is 0. The maximum Gasteiger partial charge on any atom is 0.0894 e. The molecule has 0 saturated carbocycles. The zero-order chi connectivity index (χ0) is 14.0. The lowest BCUT2D eigenvalue weighted by Gasteiger charge is -2.03. The van der Waals surface area contributed by atoms with Gasteiger partial charge in [0, 0.05) is 6.61 Å². The number of hydrogen-bond donors (Lipinski definition) is 1. The molecule has 0 spiro atoms. The van der Waals surface area contributed by atoms with Crippen molar-refractivity contribution in [2.45, 2.75) is 96.3 Å². The minimum atomic E-state index is -0.139. The third kappa shape index (κ3) is 17.9. The van der Waals surface area contributed by atoms with Crippen LogP contribution in [0.1, 0.15) is 96.3 Å². The van der Waals surface area contributed by atoms with Crippen LogP contribution < -0.4 is 0 Å². The Labute approximate surface area is 120 Å². The highest BCUT2D eigenvalue weighted by Gasteiger charge is 1.94. The zero-order valence-electron chi connectivity index (χ0n) is 12.8. The summed E-state index contributed by atoms with van der Waals surface area (Å²) in [5.41, 5.74) is 0. The number of aliphatic hydroxyl groups is 1. The maximum atomic E-state index is 11.8. The average molecular weight is 274 g/mol. The fraction of sp³-hybridized carbons (Fsp3) is 1.00. The van der Waals surface area contributed by atoms with Gasteiger partial charge in [0.15, 0.2) is 0 Å². The average Bonchev–Trinajstić information content (AvgIpc) is 2.43. The summed E-state index contributed by atoms with van der Waals surface area (Å²) in [4.78, 5) is 0. The monoisotopic (exact) mass is 274 g/mol. The molecule has 0 amide bonds. The molecule has 0 fully saturated rings. The second kappa shape index (κ2) is 17.9. The Bertz CT molecular complexity index is 134. The Morgan fingerprint density at radius 3 is 0.947 bits per heavy atom. The molecule has 1 nitrogen and oxygen atoms in total. The van der Waals surface area contributed by atoms with Crippen LogP contribution in [0.4, 0.5) is 4.39 Å². The van der Waals surface area contributed by atoms with E-state index in [0.29, 0.717) is 6.61 Å². The van der Waals surface area contributed by atoms with Gasteiger partial charge in [-0.1, -0.05) is 83.5 Å². The minimum absolute atomic E-state index is 0.139. The Hall–Kier alpha value is -0.110. The van der Waals surface area contributed by atoms with Crippen molar-refractivity contribution in [1.29, 1.82) is 0 Å². The number of hydrogen-bond acceptors (Lipinski definition) is 1. The molecule has 0 aromatic rings. The Morgan fingerprint density at radius 2 is 0.684 bits per heavy atom. The molecule has 116 valence electrons. The molecule has 0 atom stereocenters. The van der Waals surface area contributed by atoms with Gasteiger partial charge in [-0.3, -0.25) is 4.39 Å². The molecule has 0 aromatic heterocycles. The molecule has 0 unspecified atom stereocenters. The van der Waals surface area contributed by atoms with E-state index in [-0.39, 0.29) is 6.67 Å². The van der Waals surface area contributed by atoms with Crippen LogP contribution in [0, 0.1) is 0 Å². The number of alkyl halides is 1. The zero-order valence-corrected chi connectivity index (χ0v) is 12.8. The predicted molar refractivity (Wildman–Crippen MR) is 82.3 cm³/mol. The highest BCUT2D eigenvalue weighted by atomic mass is 19.1. The molecule has 0 aromatic carbocycles.